The van der Waals surface area contributed by atoms with Crippen molar-refractivity contribution in [1.29, 1.82) is 0 Å². The van der Waals surface area contributed by atoms with Crippen LogP contribution in [0.3, 0.4) is 0 Å². The second-order valence-electron chi connectivity index (χ2n) is 3.77. The fourth-order valence-electron chi connectivity index (χ4n) is 2.03. The van der Waals surface area contributed by atoms with Crippen molar-refractivity contribution in [3.05, 3.63) is 51.5 Å². The van der Waals surface area contributed by atoms with Crippen LogP contribution in [0.15, 0.2) is 36.4 Å². The van der Waals surface area contributed by atoms with Gasteiger partial charge in [-0.2, -0.15) is 0 Å². The predicted octanol–water partition coefficient (Wildman–Crippen LogP) is 3.88. The van der Waals surface area contributed by atoms with Crippen molar-refractivity contribution >= 4 is 39.1 Å². The molecule has 1 N–H and O–H groups in total. The monoisotopic (exact) mass is 246 g/mol. The molecule has 0 atom stereocenters. The standard InChI is InChI=1S/C12H7ClN2O2/c13-7-4-5-10-9(6-7)8-2-1-3-11(15(16)17)12(8)14-10/h1-6,14H. The average Bonchev–Trinajstić information content (AvgIpc) is 2.66. The Labute approximate surface area is 101 Å². The molecule has 0 radical (unpaired) electrons. The van der Waals surface area contributed by atoms with E-state index >= 15 is 0 Å². The first-order chi connectivity index (χ1) is 8.16. The van der Waals surface area contributed by atoms with Crippen molar-refractivity contribution in [1.82, 2.24) is 4.98 Å². The van der Waals surface area contributed by atoms with E-state index in [0.717, 1.165) is 16.3 Å². The number of non-ortho nitro benzene ring substituents is 1. The maximum absolute atomic E-state index is 10.9. The smallest absolute Gasteiger partial charge is 0.293 e. The fourth-order valence-corrected chi connectivity index (χ4v) is 2.20. The molecular formula is C12H7ClN2O2. The first-order valence-corrected chi connectivity index (χ1v) is 5.39. The molecule has 0 saturated heterocycles. The molecular weight excluding hydrogens is 240 g/mol. The van der Waals surface area contributed by atoms with Gasteiger partial charge in [0.2, 0.25) is 0 Å². The molecule has 4 nitrogen and oxygen atoms in total. The molecule has 0 aliphatic carbocycles. The van der Waals surface area contributed by atoms with Gasteiger partial charge in [-0.15, -0.1) is 0 Å². The summed E-state index contributed by atoms with van der Waals surface area (Å²) in [6.45, 7) is 0. The minimum atomic E-state index is -0.390. The molecule has 0 aliphatic rings. The van der Waals surface area contributed by atoms with Crippen LogP contribution >= 0.6 is 11.6 Å². The molecule has 0 fully saturated rings. The van der Waals surface area contributed by atoms with Gasteiger partial charge in [0, 0.05) is 27.4 Å². The largest absolute Gasteiger partial charge is 0.349 e. The zero-order valence-electron chi connectivity index (χ0n) is 8.61. The van der Waals surface area contributed by atoms with Crippen molar-refractivity contribution in [2.24, 2.45) is 0 Å². The molecule has 0 unspecified atom stereocenters. The van der Waals surface area contributed by atoms with E-state index in [2.05, 4.69) is 4.98 Å². The van der Waals surface area contributed by atoms with Gasteiger partial charge in [-0.25, -0.2) is 0 Å². The van der Waals surface area contributed by atoms with Crippen LogP contribution in [-0.4, -0.2) is 9.91 Å². The number of halogens is 1. The van der Waals surface area contributed by atoms with E-state index in [0.29, 0.717) is 10.5 Å². The number of nitrogens with zero attached hydrogens (tertiary/aromatic N) is 1. The van der Waals surface area contributed by atoms with Crippen molar-refractivity contribution in [2.45, 2.75) is 0 Å². The summed E-state index contributed by atoms with van der Waals surface area (Å²) in [5.74, 6) is 0. The van der Waals surface area contributed by atoms with Crippen LogP contribution in [0.4, 0.5) is 5.69 Å². The molecule has 0 bridgehead atoms. The lowest BCUT2D eigenvalue weighted by Crippen LogP contribution is -1.88. The number of hydrogen-bond donors (Lipinski definition) is 1. The summed E-state index contributed by atoms with van der Waals surface area (Å²) in [7, 11) is 0. The molecule has 0 aliphatic heterocycles. The second-order valence-corrected chi connectivity index (χ2v) is 4.21. The first-order valence-electron chi connectivity index (χ1n) is 5.01. The zero-order valence-corrected chi connectivity index (χ0v) is 9.36. The summed E-state index contributed by atoms with van der Waals surface area (Å²) >= 11 is 5.93. The maximum atomic E-state index is 10.9. The van der Waals surface area contributed by atoms with Gasteiger partial charge in [0.1, 0.15) is 5.52 Å². The van der Waals surface area contributed by atoms with E-state index in [4.69, 9.17) is 11.6 Å². The normalized spacial score (nSPS) is 11.1. The van der Waals surface area contributed by atoms with E-state index in [-0.39, 0.29) is 10.6 Å². The summed E-state index contributed by atoms with van der Waals surface area (Å²) < 4.78 is 0. The number of para-hydroxylation sites is 1. The van der Waals surface area contributed by atoms with Gasteiger partial charge in [-0.05, 0) is 18.2 Å². The van der Waals surface area contributed by atoms with E-state index in [9.17, 15) is 10.1 Å². The molecule has 1 aromatic heterocycles. The highest BCUT2D eigenvalue weighted by Crippen LogP contribution is 2.32. The van der Waals surface area contributed by atoms with Gasteiger partial charge >= 0.3 is 0 Å². The first kappa shape index (κ1) is 10.1. The van der Waals surface area contributed by atoms with Crippen LogP contribution in [0.5, 0.6) is 0 Å². The summed E-state index contributed by atoms with van der Waals surface area (Å²) in [4.78, 5) is 13.6. The Morgan fingerprint density at radius 3 is 2.76 bits per heavy atom. The molecule has 1 heterocycles. The van der Waals surface area contributed by atoms with E-state index in [1.165, 1.54) is 6.07 Å². The molecule has 0 saturated carbocycles. The van der Waals surface area contributed by atoms with Crippen molar-refractivity contribution in [3.63, 3.8) is 0 Å². The fraction of sp³-hybridized carbons (Fsp3) is 0. The molecule has 0 spiro atoms. The van der Waals surface area contributed by atoms with Crippen LogP contribution in [0.25, 0.3) is 21.8 Å². The van der Waals surface area contributed by atoms with Crippen molar-refractivity contribution < 1.29 is 4.92 Å². The van der Waals surface area contributed by atoms with Gasteiger partial charge in [-0.1, -0.05) is 23.7 Å². The topological polar surface area (TPSA) is 58.9 Å². The number of benzene rings is 2. The second kappa shape index (κ2) is 3.46. The molecule has 0 amide bonds. The number of H-pyrrole nitrogens is 1. The minimum absolute atomic E-state index is 0.0785. The number of nitro groups is 1. The quantitative estimate of drug-likeness (QED) is 0.523. The van der Waals surface area contributed by atoms with E-state index < -0.39 is 0 Å². The molecule has 2 aromatic carbocycles. The molecule has 17 heavy (non-hydrogen) atoms. The summed E-state index contributed by atoms with van der Waals surface area (Å²) in [5.41, 5.74) is 1.46. The maximum Gasteiger partial charge on any atom is 0.293 e. The number of fused-ring (bicyclic) bond motifs is 3. The average molecular weight is 247 g/mol. The molecule has 3 rings (SSSR count). The summed E-state index contributed by atoms with van der Waals surface area (Å²) in [5, 5.41) is 13.2. The lowest BCUT2D eigenvalue weighted by Gasteiger charge is -1.93. The van der Waals surface area contributed by atoms with Gasteiger partial charge in [0.25, 0.3) is 5.69 Å². The number of nitrogens with one attached hydrogen (secondary N) is 1. The lowest BCUT2D eigenvalue weighted by molar-refractivity contribution is -0.383. The lowest BCUT2D eigenvalue weighted by atomic mass is 10.1. The third-order valence-electron chi connectivity index (χ3n) is 2.77. The van der Waals surface area contributed by atoms with Crippen molar-refractivity contribution in [3.8, 4) is 0 Å². The van der Waals surface area contributed by atoms with Gasteiger partial charge in [-0.3, -0.25) is 10.1 Å². The Bertz CT molecular complexity index is 749. The van der Waals surface area contributed by atoms with Crippen LogP contribution in [0, 0.1) is 10.1 Å². The highest BCUT2D eigenvalue weighted by atomic mass is 35.5. The molecule has 3 aromatic rings. The Kier molecular flexibility index (Phi) is 2.06. The highest BCUT2D eigenvalue weighted by Gasteiger charge is 2.15. The van der Waals surface area contributed by atoms with Crippen LogP contribution in [-0.2, 0) is 0 Å². The minimum Gasteiger partial charge on any atom is -0.349 e. The zero-order chi connectivity index (χ0) is 12.0. The Morgan fingerprint density at radius 1 is 1.18 bits per heavy atom. The van der Waals surface area contributed by atoms with Crippen LogP contribution in [0.2, 0.25) is 5.02 Å². The third-order valence-corrected chi connectivity index (χ3v) is 3.01. The predicted molar refractivity (Wildman–Crippen MR) is 67.5 cm³/mol. The molecule has 84 valence electrons. The third kappa shape index (κ3) is 1.45. The Balaban J connectivity index is 2.51. The number of aromatic nitrogens is 1. The van der Waals surface area contributed by atoms with Gasteiger partial charge < -0.3 is 4.98 Å². The summed E-state index contributed by atoms with van der Waals surface area (Å²) in [6, 6.07) is 10.4. The summed E-state index contributed by atoms with van der Waals surface area (Å²) in [6.07, 6.45) is 0. The number of rotatable bonds is 1. The molecule has 5 heteroatoms. The highest BCUT2D eigenvalue weighted by molar-refractivity contribution is 6.31. The van der Waals surface area contributed by atoms with Gasteiger partial charge in [0.15, 0.2) is 0 Å². The van der Waals surface area contributed by atoms with Gasteiger partial charge in [0.05, 0.1) is 4.92 Å². The number of aromatic amines is 1. The number of hydrogen-bond acceptors (Lipinski definition) is 2. The van der Waals surface area contributed by atoms with Crippen LogP contribution < -0.4 is 0 Å². The SMILES string of the molecule is O=[N+]([O-])c1cccc2c1[nH]c1ccc(Cl)cc12. The van der Waals surface area contributed by atoms with Crippen LogP contribution in [0.1, 0.15) is 0 Å². The van der Waals surface area contributed by atoms with E-state index in [1.807, 2.05) is 12.1 Å². The number of nitro benzene ring substituents is 1. The Hall–Kier alpha value is -2.07. The van der Waals surface area contributed by atoms with E-state index in [1.54, 1.807) is 18.2 Å². The Morgan fingerprint density at radius 2 is 2.00 bits per heavy atom. The van der Waals surface area contributed by atoms with Crippen molar-refractivity contribution in [2.75, 3.05) is 0 Å².